The molecule has 0 aliphatic carbocycles. The number of nitrogens with one attached hydrogen (secondary N) is 2. The molecule has 1 saturated heterocycles. The molecule has 43 heavy (non-hydrogen) atoms. The van der Waals surface area contributed by atoms with Gasteiger partial charge < -0.3 is 26.2 Å². The Labute approximate surface area is 254 Å². The summed E-state index contributed by atoms with van der Waals surface area (Å²) in [5, 5.41) is 5.20. The lowest BCUT2D eigenvalue weighted by Gasteiger charge is -2.28. The fourth-order valence-corrected chi connectivity index (χ4v) is 7.55. The number of carbonyl (C=O) groups excluding carboxylic acids is 4. The number of benzene rings is 2. The smallest absolute Gasteiger partial charge is 0.262 e. The molecule has 2 heterocycles. The quantitative estimate of drug-likeness (QED) is 0.225. The van der Waals surface area contributed by atoms with Crippen LogP contribution in [0.25, 0.3) is 6.08 Å². The van der Waals surface area contributed by atoms with Crippen molar-refractivity contribution < 1.29 is 28.6 Å². The second-order valence-electron chi connectivity index (χ2n) is 10.5. The maximum absolute atomic E-state index is 13.6. The number of thiophene rings is 1. The van der Waals surface area contributed by atoms with Crippen LogP contribution < -0.4 is 16.4 Å². The van der Waals surface area contributed by atoms with Crippen LogP contribution in [0.2, 0.25) is 0 Å². The molecule has 226 valence electrons. The Balaban J connectivity index is 1.44. The maximum atomic E-state index is 13.6. The van der Waals surface area contributed by atoms with Crippen LogP contribution in [0.1, 0.15) is 51.2 Å². The molecule has 4 rings (SSSR count). The molecule has 3 unspecified atom stereocenters. The van der Waals surface area contributed by atoms with Gasteiger partial charge in [-0.25, -0.2) is 0 Å². The highest BCUT2D eigenvalue weighted by atomic mass is 32.1. The highest BCUT2D eigenvalue weighted by Gasteiger charge is 2.44. The van der Waals surface area contributed by atoms with Gasteiger partial charge in [0.05, 0.1) is 4.88 Å². The van der Waals surface area contributed by atoms with Crippen LogP contribution >= 0.6 is 18.7 Å². The number of hydrogen-bond acceptors (Lipinski definition) is 6. The van der Waals surface area contributed by atoms with Crippen molar-refractivity contribution in [2.45, 2.75) is 50.6 Å². The monoisotopic (exact) mass is 622 g/mol. The Hall–Kier alpha value is -4.05. The minimum absolute atomic E-state index is 0.190. The zero-order valence-corrected chi connectivity index (χ0v) is 25.6. The summed E-state index contributed by atoms with van der Waals surface area (Å²) in [4.78, 5) is 65.4. The topological polar surface area (TPSA) is 159 Å². The Kier molecular flexibility index (Phi) is 10.3. The first-order chi connectivity index (χ1) is 20.5. The Bertz CT molecular complexity index is 1540. The molecule has 2 aromatic carbocycles. The van der Waals surface area contributed by atoms with E-state index in [1.807, 2.05) is 43.3 Å². The van der Waals surface area contributed by atoms with E-state index in [-0.39, 0.29) is 12.8 Å². The number of carbonyl (C=O) groups is 4. The van der Waals surface area contributed by atoms with E-state index in [1.165, 1.54) is 16.2 Å². The number of amides is 4. The molecular weight excluding hydrogens is 587 g/mol. The van der Waals surface area contributed by atoms with E-state index >= 15 is 0 Å². The first-order valence-corrected chi connectivity index (χ1v) is 16.6. The summed E-state index contributed by atoms with van der Waals surface area (Å²) in [5.41, 5.74) is 6.96. The zero-order valence-electron chi connectivity index (χ0n) is 23.9. The summed E-state index contributed by atoms with van der Waals surface area (Å²) in [7, 11) is -4.38. The standard InChI is InChI=1S/C31H35N4O6PS/c1-20-18-24(31(39)35(20)25(28(32)37)15-9-12-22-10-5-3-6-11-22)33-27(36)19-42(40,41)30(23-13-7-4-8-14-23)34-29(38)26-17-16-21(2)43-26/h3-14,16-17,20,24-25,30H,15,18-19H2,1-2H3,(H2,32,37)(H,33,36)(H,34,38)(H,40,41)/b12-9+/t20?,24-,25-,30?/m0/s1. The normalized spacial score (nSPS) is 19.5. The molecule has 0 saturated carbocycles. The fourth-order valence-electron chi connectivity index (χ4n) is 5.14. The van der Waals surface area contributed by atoms with E-state index in [0.29, 0.717) is 10.4 Å². The van der Waals surface area contributed by atoms with Crippen molar-refractivity contribution in [2.24, 2.45) is 5.73 Å². The number of hydrogen-bond donors (Lipinski definition) is 4. The van der Waals surface area contributed by atoms with E-state index in [1.54, 1.807) is 55.5 Å². The molecule has 1 fully saturated rings. The third kappa shape index (κ3) is 8.07. The molecule has 0 spiro atoms. The Morgan fingerprint density at radius 3 is 2.35 bits per heavy atom. The van der Waals surface area contributed by atoms with Crippen LogP contribution in [0.4, 0.5) is 0 Å². The number of rotatable bonds is 12. The second-order valence-corrected chi connectivity index (χ2v) is 14.2. The maximum Gasteiger partial charge on any atom is 0.262 e. The van der Waals surface area contributed by atoms with Gasteiger partial charge in [-0.15, -0.1) is 11.3 Å². The van der Waals surface area contributed by atoms with Crippen LogP contribution in [0.15, 0.2) is 78.9 Å². The van der Waals surface area contributed by atoms with Crippen LogP contribution in [0.3, 0.4) is 0 Å². The number of likely N-dealkylation sites (tertiary alicyclic amines) is 1. The lowest BCUT2D eigenvalue weighted by atomic mass is 10.1. The minimum atomic E-state index is -4.38. The third-order valence-corrected chi connectivity index (χ3v) is 10.2. The first kappa shape index (κ1) is 31.9. The van der Waals surface area contributed by atoms with Crippen molar-refractivity contribution in [2.75, 3.05) is 6.16 Å². The lowest BCUT2D eigenvalue weighted by Crippen LogP contribution is -2.51. The summed E-state index contributed by atoms with van der Waals surface area (Å²) in [5.74, 6) is -3.87. The number of primary amides is 1. The molecule has 1 aliphatic rings. The predicted molar refractivity (Wildman–Crippen MR) is 166 cm³/mol. The SMILES string of the molecule is Cc1ccc(C(=O)NC(c2ccccc2)P(=O)(O)CC(=O)N[C@H]2CC(C)N([C@@H](C/C=C/c3ccccc3)C(N)=O)C2=O)s1. The van der Waals surface area contributed by atoms with E-state index in [2.05, 4.69) is 10.6 Å². The summed E-state index contributed by atoms with van der Waals surface area (Å²) in [6, 6.07) is 18.8. The molecule has 10 nitrogen and oxygen atoms in total. The van der Waals surface area contributed by atoms with Crippen molar-refractivity contribution in [1.29, 1.82) is 0 Å². The number of aryl methyl sites for hydroxylation is 1. The Morgan fingerprint density at radius 2 is 1.74 bits per heavy atom. The van der Waals surface area contributed by atoms with Gasteiger partial charge in [-0.1, -0.05) is 72.8 Å². The van der Waals surface area contributed by atoms with E-state index in [0.717, 1.165) is 10.4 Å². The molecule has 3 aromatic rings. The van der Waals surface area contributed by atoms with Crippen LogP contribution in [0.5, 0.6) is 0 Å². The van der Waals surface area contributed by atoms with Crippen molar-refractivity contribution in [3.63, 3.8) is 0 Å². The average molecular weight is 623 g/mol. The summed E-state index contributed by atoms with van der Waals surface area (Å²) in [6.45, 7) is 3.60. The molecule has 0 bridgehead atoms. The zero-order chi connectivity index (χ0) is 31.1. The van der Waals surface area contributed by atoms with Crippen molar-refractivity contribution in [3.8, 4) is 0 Å². The van der Waals surface area contributed by atoms with Gasteiger partial charge in [-0.3, -0.25) is 23.7 Å². The number of nitrogens with two attached hydrogens (primary N) is 1. The highest BCUT2D eigenvalue weighted by Crippen LogP contribution is 2.54. The van der Waals surface area contributed by atoms with Crippen LogP contribution in [0, 0.1) is 6.92 Å². The predicted octanol–water partition coefficient (Wildman–Crippen LogP) is 3.82. The summed E-state index contributed by atoms with van der Waals surface area (Å²) in [6.07, 6.45) is 3.17. The largest absolute Gasteiger partial charge is 0.368 e. The molecule has 5 atom stereocenters. The van der Waals surface area contributed by atoms with Gasteiger partial charge in [0.25, 0.3) is 5.91 Å². The Morgan fingerprint density at radius 1 is 1.09 bits per heavy atom. The van der Waals surface area contributed by atoms with E-state index in [9.17, 15) is 28.6 Å². The first-order valence-electron chi connectivity index (χ1n) is 13.8. The molecule has 12 heteroatoms. The van der Waals surface area contributed by atoms with Gasteiger partial charge in [0, 0.05) is 10.9 Å². The molecule has 1 aliphatic heterocycles. The van der Waals surface area contributed by atoms with Gasteiger partial charge >= 0.3 is 0 Å². The molecular formula is C31H35N4O6PS. The lowest BCUT2D eigenvalue weighted by molar-refractivity contribution is -0.139. The average Bonchev–Trinajstić information content (AvgIpc) is 3.52. The molecule has 4 amide bonds. The van der Waals surface area contributed by atoms with Crippen LogP contribution in [-0.2, 0) is 18.9 Å². The van der Waals surface area contributed by atoms with Crippen molar-refractivity contribution in [1.82, 2.24) is 15.5 Å². The molecule has 1 aromatic heterocycles. The van der Waals surface area contributed by atoms with Crippen molar-refractivity contribution >= 4 is 48.4 Å². The molecule has 5 N–H and O–H groups in total. The highest BCUT2D eigenvalue weighted by molar-refractivity contribution is 7.59. The second kappa shape index (κ2) is 13.9. The van der Waals surface area contributed by atoms with Crippen LogP contribution in [-0.4, -0.2) is 57.7 Å². The van der Waals surface area contributed by atoms with Gasteiger partial charge in [0.1, 0.15) is 24.0 Å². The third-order valence-electron chi connectivity index (χ3n) is 7.19. The van der Waals surface area contributed by atoms with Gasteiger partial charge in [0.2, 0.25) is 25.1 Å². The van der Waals surface area contributed by atoms with Gasteiger partial charge in [-0.2, -0.15) is 0 Å². The fraction of sp³-hybridized carbons (Fsp3) is 0.290. The molecule has 0 radical (unpaired) electrons. The van der Waals surface area contributed by atoms with Crippen molar-refractivity contribution in [3.05, 3.63) is 99.8 Å². The number of nitrogens with zero attached hydrogens (tertiary/aromatic N) is 1. The van der Waals surface area contributed by atoms with E-state index in [4.69, 9.17) is 5.73 Å². The summed E-state index contributed by atoms with van der Waals surface area (Å²) >= 11 is 1.25. The van der Waals surface area contributed by atoms with Gasteiger partial charge in [-0.05, 0) is 49.9 Å². The van der Waals surface area contributed by atoms with E-state index < -0.39 is 61.1 Å². The van der Waals surface area contributed by atoms with Gasteiger partial charge in [0.15, 0.2) is 0 Å². The summed E-state index contributed by atoms with van der Waals surface area (Å²) < 4.78 is 13.6. The minimum Gasteiger partial charge on any atom is -0.368 e.